The highest BCUT2D eigenvalue weighted by atomic mass is 32.2. The lowest BCUT2D eigenvalue weighted by Crippen LogP contribution is -2.16. The van der Waals surface area contributed by atoms with E-state index in [1.807, 2.05) is 31.2 Å². The van der Waals surface area contributed by atoms with E-state index in [-0.39, 0.29) is 5.91 Å². The fourth-order valence-electron chi connectivity index (χ4n) is 2.78. The highest BCUT2D eigenvalue weighted by molar-refractivity contribution is 8.00. The van der Waals surface area contributed by atoms with Crippen LogP contribution >= 0.6 is 11.8 Å². The second-order valence-corrected chi connectivity index (χ2v) is 6.86. The first-order valence-corrected chi connectivity index (χ1v) is 9.16. The number of para-hydroxylation sites is 1. The molecule has 3 heteroatoms. The van der Waals surface area contributed by atoms with Crippen LogP contribution in [0.15, 0.2) is 65.6 Å². The van der Waals surface area contributed by atoms with Crippen LogP contribution in [0.25, 0.3) is 10.8 Å². The molecule has 0 aromatic heterocycles. The second-order valence-electron chi connectivity index (χ2n) is 5.81. The number of thioether (sulfide) groups is 1. The van der Waals surface area contributed by atoms with Crippen molar-refractivity contribution in [1.82, 2.24) is 0 Å². The van der Waals surface area contributed by atoms with Gasteiger partial charge in [-0.1, -0.05) is 55.5 Å². The smallest absolute Gasteiger partial charge is 0.234 e. The quantitative estimate of drug-likeness (QED) is 0.629. The summed E-state index contributed by atoms with van der Waals surface area (Å²) in [6.07, 6.45) is 0.912. The van der Waals surface area contributed by atoms with Crippen molar-refractivity contribution in [3.05, 3.63) is 71.8 Å². The second kappa shape index (κ2) is 7.54. The average molecular weight is 335 g/mol. The average Bonchev–Trinajstić information content (AvgIpc) is 2.61. The van der Waals surface area contributed by atoms with Crippen LogP contribution < -0.4 is 5.32 Å². The number of hydrogen-bond donors (Lipinski definition) is 1. The van der Waals surface area contributed by atoms with Crippen LogP contribution in [-0.4, -0.2) is 11.7 Å². The maximum atomic E-state index is 12.3. The van der Waals surface area contributed by atoms with E-state index in [9.17, 15) is 4.79 Å². The predicted molar refractivity (Wildman–Crippen MR) is 104 cm³/mol. The van der Waals surface area contributed by atoms with Crippen molar-refractivity contribution >= 4 is 34.1 Å². The zero-order chi connectivity index (χ0) is 16.9. The van der Waals surface area contributed by atoms with E-state index in [1.54, 1.807) is 11.8 Å². The first-order chi connectivity index (χ1) is 11.7. The van der Waals surface area contributed by atoms with Gasteiger partial charge in [-0.2, -0.15) is 0 Å². The van der Waals surface area contributed by atoms with Crippen molar-refractivity contribution in [3.63, 3.8) is 0 Å². The largest absolute Gasteiger partial charge is 0.325 e. The third kappa shape index (κ3) is 3.80. The Labute approximate surface area is 147 Å². The Balaban J connectivity index is 1.67. The molecule has 0 aliphatic rings. The Bertz CT molecular complexity index is 873. The highest BCUT2D eigenvalue weighted by Crippen LogP contribution is 2.25. The van der Waals surface area contributed by atoms with Gasteiger partial charge in [0.1, 0.15) is 0 Å². The number of amides is 1. The van der Waals surface area contributed by atoms with E-state index in [0.29, 0.717) is 5.75 Å². The van der Waals surface area contributed by atoms with Gasteiger partial charge in [-0.25, -0.2) is 0 Å². The summed E-state index contributed by atoms with van der Waals surface area (Å²) in [7, 11) is 0. The molecule has 0 aliphatic carbocycles. The van der Waals surface area contributed by atoms with E-state index in [0.717, 1.165) is 22.6 Å². The summed E-state index contributed by atoms with van der Waals surface area (Å²) in [6, 6.07) is 20.7. The highest BCUT2D eigenvalue weighted by Gasteiger charge is 2.09. The van der Waals surface area contributed by atoms with E-state index in [1.165, 1.54) is 16.3 Å². The number of anilines is 1. The fourth-order valence-corrected chi connectivity index (χ4v) is 3.53. The molecule has 0 fully saturated rings. The van der Waals surface area contributed by atoms with Gasteiger partial charge in [0, 0.05) is 10.6 Å². The number of rotatable bonds is 5. The van der Waals surface area contributed by atoms with Gasteiger partial charge < -0.3 is 5.32 Å². The number of fused-ring (bicyclic) bond motifs is 1. The summed E-state index contributed by atoms with van der Waals surface area (Å²) >= 11 is 1.57. The van der Waals surface area contributed by atoms with Crippen molar-refractivity contribution in [2.24, 2.45) is 0 Å². The van der Waals surface area contributed by atoms with Crippen LogP contribution in [0.5, 0.6) is 0 Å². The summed E-state index contributed by atoms with van der Waals surface area (Å²) < 4.78 is 0. The number of hydrogen-bond acceptors (Lipinski definition) is 2. The lowest BCUT2D eigenvalue weighted by atomic mass is 10.1. The van der Waals surface area contributed by atoms with Gasteiger partial charge in [-0.05, 0) is 47.4 Å². The van der Waals surface area contributed by atoms with Gasteiger partial charge in [-0.3, -0.25) is 4.79 Å². The molecule has 2 nitrogen and oxygen atoms in total. The van der Waals surface area contributed by atoms with Gasteiger partial charge in [0.15, 0.2) is 0 Å². The first-order valence-electron chi connectivity index (χ1n) is 8.17. The molecule has 24 heavy (non-hydrogen) atoms. The van der Waals surface area contributed by atoms with E-state index >= 15 is 0 Å². The normalized spacial score (nSPS) is 10.8. The maximum absolute atomic E-state index is 12.3. The van der Waals surface area contributed by atoms with E-state index in [2.05, 4.69) is 48.6 Å². The number of benzene rings is 3. The number of carbonyl (C=O) groups excluding carboxylic acids is 1. The summed E-state index contributed by atoms with van der Waals surface area (Å²) in [4.78, 5) is 13.5. The topological polar surface area (TPSA) is 29.1 Å². The molecule has 0 radical (unpaired) electrons. The van der Waals surface area contributed by atoms with Crippen LogP contribution in [0, 0.1) is 6.92 Å². The number of nitrogens with one attached hydrogen (secondary N) is 1. The molecular weight excluding hydrogens is 314 g/mol. The molecule has 1 amide bonds. The van der Waals surface area contributed by atoms with Gasteiger partial charge in [0.05, 0.1) is 5.75 Å². The van der Waals surface area contributed by atoms with Gasteiger partial charge in [-0.15, -0.1) is 11.8 Å². The Morgan fingerprint density at radius 2 is 1.79 bits per heavy atom. The fraction of sp³-hybridized carbons (Fsp3) is 0.190. The molecule has 1 N–H and O–H groups in total. The number of aryl methyl sites for hydroxylation is 2. The maximum Gasteiger partial charge on any atom is 0.234 e. The van der Waals surface area contributed by atoms with Crippen LogP contribution in [-0.2, 0) is 11.2 Å². The minimum atomic E-state index is 0.0390. The predicted octanol–water partition coefficient (Wildman–Crippen LogP) is 5.44. The Hall–Kier alpha value is -2.26. The SMILES string of the molecule is CCc1cccc(C)c1NC(=O)CSc1ccc2ccccc2c1. The molecule has 0 saturated carbocycles. The Morgan fingerprint density at radius 3 is 2.58 bits per heavy atom. The van der Waals surface area contributed by atoms with Crippen LogP contribution in [0.1, 0.15) is 18.1 Å². The standard InChI is InChI=1S/C21H21NOS/c1-3-16-10-6-7-15(2)21(16)22-20(23)14-24-19-12-11-17-8-4-5-9-18(17)13-19/h4-13H,3,14H2,1-2H3,(H,22,23). The molecule has 0 heterocycles. The molecule has 0 aliphatic heterocycles. The third-order valence-electron chi connectivity index (χ3n) is 4.10. The zero-order valence-corrected chi connectivity index (χ0v) is 14.8. The van der Waals surface area contributed by atoms with Crippen molar-refractivity contribution in [1.29, 1.82) is 0 Å². The molecule has 0 saturated heterocycles. The molecule has 3 rings (SSSR count). The molecule has 3 aromatic rings. The van der Waals surface area contributed by atoms with E-state index < -0.39 is 0 Å². The molecule has 122 valence electrons. The van der Waals surface area contributed by atoms with Gasteiger partial charge in [0.25, 0.3) is 0 Å². The van der Waals surface area contributed by atoms with Crippen LogP contribution in [0.4, 0.5) is 5.69 Å². The molecule has 0 bridgehead atoms. The van der Waals surface area contributed by atoms with Gasteiger partial charge in [0.2, 0.25) is 5.91 Å². The lowest BCUT2D eigenvalue weighted by molar-refractivity contribution is -0.113. The van der Waals surface area contributed by atoms with Crippen LogP contribution in [0.2, 0.25) is 0 Å². The summed E-state index contributed by atoms with van der Waals surface area (Å²) in [5.41, 5.74) is 3.25. The van der Waals surface area contributed by atoms with Crippen molar-refractivity contribution in [2.75, 3.05) is 11.1 Å². The number of carbonyl (C=O) groups is 1. The summed E-state index contributed by atoms with van der Waals surface area (Å²) in [6.45, 7) is 4.14. The summed E-state index contributed by atoms with van der Waals surface area (Å²) in [5, 5.41) is 5.50. The molecule has 0 unspecified atom stereocenters. The van der Waals surface area contributed by atoms with Crippen molar-refractivity contribution in [3.8, 4) is 0 Å². The molecule has 3 aromatic carbocycles. The molecule has 0 atom stereocenters. The van der Waals surface area contributed by atoms with E-state index in [4.69, 9.17) is 0 Å². The Morgan fingerprint density at radius 1 is 1.00 bits per heavy atom. The van der Waals surface area contributed by atoms with Crippen molar-refractivity contribution in [2.45, 2.75) is 25.2 Å². The Kier molecular flexibility index (Phi) is 5.21. The van der Waals surface area contributed by atoms with Gasteiger partial charge >= 0.3 is 0 Å². The van der Waals surface area contributed by atoms with Crippen molar-refractivity contribution < 1.29 is 4.79 Å². The summed E-state index contributed by atoms with van der Waals surface area (Å²) in [5.74, 6) is 0.452. The van der Waals surface area contributed by atoms with Crippen LogP contribution in [0.3, 0.4) is 0 Å². The first kappa shape index (κ1) is 16.6. The zero-order valence-electron chi connectivity index (χ0n) is 14.0. The monoisotopic (exact) mass is 335 g/mol. The minimum absolute atomic E-state index is 0.0390. The molecular formula is C21H21NOS. The molecule has 0 spiro atoms. The lowest BCUT2D eigenvalue weighted by Gasteiger charge is -2.13. The minimum Gasteiger partial charge on any atom is -0.325 e. The third-order valence-corrected chi connectivity index (χ3v) is 5.09.